The van der Waals surface area contributed by atoms with Crippen LogP contribution < -0.4 is 5.32 Å². The van der Waals surface area contributed by atoms with Crippen LogP contribution in [0.5, 0.6) is 0 Å². The number of unbranched alkanes of at least 4 members (excludes halogenated alkanes) is 1. The molecule has 0 saturated heterocycles. The van der Waals surface area contributed by atoms with Crippen molar-refractivity contribution in [2.24, 2.45) is 0 Å². The molecule has 0 aliphatic heterocycles. The molecule has 0 bridgehead atoms. The van der Waals surface area contributed by atoms with Gasteiger partial charge < -0.3 is 9.88 Å². The first-order valence-electron chi connectivity index (χ1n) is 6.96. The summed E-state index contributed by atoms with van der Waals surface area (Å²) in [5.74, 6) is 0.976. The van der Waals surface area contributed by atoms with Crippen LogP contribution in [0, 0.1) is 13.8 Å². The number of aryl methyl sites for hydroxylation is 3. The van der Waals surface area contributed by atoms with Crippen molar-refractivity contribution in [3.8, 4) is 0 Å². The van der Waals surface area contributed by atoms with Crippen LogP contribution in [0.25, 0.3) is 0 Å². The maximum absolute atomic E-state index is 4.43. The fourth-order valence-corrected chi connectivity index (χ4v) is 3.33. The fourth-order valence-electron chi connectivity index (χ4n) is 2.31. The van der Waals surface area contributed by atoms with E-state index >= 15 is 0 Å². The molecule has 1 unspecified atom stereocenters. The summed E-state index contributed by atoms with van der Waals surface area (Å²) >= 11 is 1.86. The zero-order valence-corrected chi connectivity index (χ0v) is 13.0. The Balaban J connectivity index is 2.08. The number of rotatable bonds is 6. The molecule has 19 heavy (non-hydrogen) atoms. The Hall–Kier alpha value is -1.29. The lowest BCUT2D eigenvalue weighted by atomic mass is 10.1. The predicted molar refractivity (Wildman–Crippen MR) is 83.0 cm³/mol. The van der Waals surface area contributed by atoms with Crippen molar-refractivity contribution in [2.45, 2.75) is 53.1 Å². The third kappa shape index (κ3) is 3.38. The van der Waals surface area contributed by atoms with Gasteiger partial charge in [0.1, 0.15) is 0 Å². The van der Waals surface area contributed by atoms with Gasteiger partial charge >= 0.3 is 0 Å². The van der Waals surface area contributed by atoms with E-state index in [9.17, 15) is 0 Å². The second-order valence-corrected chi connectivity index (χ2v) is 6.49. The van der Waals surface area contributed by atoms with Crippen LogP contribution in [-0.2, 0) is 6.54 Å². The molecule has 0 amide bonds. The number of hydrogen-bond acceptors (Lipinski definition) is 3. The standard InChI is InChI=1S/C15H23N3S/c1-5-6-8-18-9-7-16-15(18)17-12(3)14-10-11(2)19-13(14)4/h7,9-10,12H,5-6,8H2,1-4H3,(H,16,17). The first kappa shape index (κ1) is 14.1. The van der Waals surface area contributed by atoms with Gasteiger partial charge in [0.15, 0.2) is 0 Å². The van der Waals surface area contributed by atoms with Crippen molar-refractivity contribution < 1.29 is 0 Å². The van der Waals surface area contributed by atoms with Gasteiger partial charge in [0, 0.05) is 28.7 Å². The molecule has 3 nitrogen and oxygen atoms in total. The minimum absolute atomic E-state index is 0.299. The predicted octanol–water partition coefficient (Wildman–Crippen LogP) is 4.53. The molecule has 1 N–H and O–H groups in total. The number of thiophene rings is 1. The third-order valence-corrected chi connectivity index (χ3v) is 4.34. The summed E-state index contributed by atoms with van der Waals surface area (Å²) in [6, 6.07) is 2.57. The van der Waals surface area contributed by atoms with Crippen molar-refractivity contribution in [3.63, 3.8) is 0 Å². The van der Waals surface area contributed by atoms with E-state index < -0.39 is 0 Å². The first-order valence-corrected chi connectivity index (χ1v) is 7.78. The summed E-state index contributed by atoms with van der Waals surface area (Å²) in [5, 5.41) is 3.53. The van der Waals surface area contributed by atoms with E-state index in [1.807, 2.05) is 17.5 Å². The molecule has 2 aromatic heterocycles. The van der Waals surface area contributed by atoms with Gasteiger partial charge in [0.25, 0.3) is 0 Å². The highest BCUT2D eigenvalue weighted by Gasteiger charge is 2.13. The van der Waals surface area contributed by atoms with Crippen molar-refractivity contribution in [3.05, 3.63) is 33.8 Å². The number of hydrogen-bond donors (Lipinski definition) is 1. The second kappa shape index (κ2) is 6.24. The summed E-state index contributed by atoms with van der Waals surface area (Å²) < 4.78 is 2.20. The maximum atomic E-state index is 4.43. The monoisotopic (exact) mass is 277 g/mol. The third-order valence-electron chi connectivity index (χ3n) is 3.36. The summed E-state index contributed by atoms with van der Waals surface area (Å²) in [4.78, 5) is 7.19. The largest absolute Gasteiger partial charge is 0.349 e. The molecule has 104 valence electrons. The van der Waals surface area contributed by atoms with Crippen LogP contribution in [0.15, 0.2) is 18.5 Å². The van der Waals surface area contributed by atoms with Gasteiger partial charge in [-0.1, -0.05) is 13.3 Å². The molecule has 0 radical (unpaired) electrons. The minimum atomic E-state index is 0.299. The van der Waals surface area contributed by atoms with Crippen LogP contribution in [0.1, 0.15) is 48.0 Å². The molecule has 0 saturated carbocycles. The molecule has 1 atom stereocenters. The number of aromatic nitrogens is 2. The quantitative estimate of drug-likeness (QED) is 0.840. The van der Waals surface area contributed by atoms with Crippen molar-refractivity contribution in [1.29, 1.82) is 0 Å². The Morgan fingerprint density at radius 2 is 2.21 bits per heavy atom. The Morgan fingerprint density at radius 1 is 1.42 bits per heavy atom. The minimum Gasteiger partial charge on any atom is -0.349 e. The number of anilines is 1. The number of nitrogens with zero attached hydrogens (tertiary/aromatic N) is 2. The van der Waals surface area contributed by atoms with E-state index in [1.165, 1.54) is 28.2 Å². The fraction of sp³-hybridized carbons (Fsp3) is 0.533. The molecule has 4 heteroatoms. The summed E-state index contributed by atoms with van der Waals surface area (Å²) in [5.41, 5.74) is 1.38. The molecule has 0 fully saturated rings. The second-order valence-electron chi connectivity index (χ2n) is 5.03. The van der Waals surface area contributed by atoms with Gasteiger partial charge in [-0.3, -0.25) is 0 Å². The van der Waals surface area contributed by atoms with Crippen molar-refractivity contribution in [2.75, 3.05) is 5.32 Å². The number of nitrogens with one attached hydrogen (secondary N) is 1. The Morgan fingerprint density at radius 3 is 2.84 bits per heavy atom. The lowest BCUT2D eigenvalue weighted by Crippen LogP contribution is -2.12. The van der Waals surface area contributed by atoms with Gasteiger partial charge in [-0.25, -0.2) is 4.98 Å². The smallest absolute Gasteiger partial charge is 0.203 e. The van der Waals surface area contributed by atoms with Crippen LogP contribution in [0.3, 0.4) is 0 Å². The van der Waals surface area contributed by atoms with Crippen LogP contribution in [0.4, 0.5) is 5.95 Å². The molecule has 0 aromatic carbocycles. The normalized spacial score (nSPS) is 12.6. The lowest BCUT2D eigenvalue weighted by Gasteiger charge is -2.16. The topological polar surface area (TPSA) is 29.9 Å². The highest BCUT2D eigenvalue weighted by molar-refractivity contribution is 7.12. The van der Waals surface area contributed by atoms with E-state index in [1.54, 1.807) is 0 Å². The summed E-state index contributed by atoms with van der Waals surface area (Å²) in [7, 11) is 0. The van der Waals surface area contributed by atoms with Crippen LogP contribution in [-0.4, -0.2) is 9.55 Å². The van der Waals surface area contributed by atoms with Gasteiger partial charge in [-0.15, -0.1) is 11.3 Å². The summed E-state index contributed by atoms with van der Waals surface area (Å²) in [6.07, 6.45) is 6.32. The lowest BCUT2D eigenvalue weighted by molar-refractivity contribution is 0.631. The van der Waals surface area contributed by atoms with Crippen molar-refractivity contribution in [1.82, 2.24) is 9.55 Å². The van der Waals surface area contributed by atoms with Crippen LogP contribution >= 0.6 is 11.3 Å². The molecule has 0 aliphatic rings. The molecule has 0 aliphatic carbocycles. The maximum Gasteiger partial charge on any atom is 0.203 e. The van der Waals surface area contributed by atoms with E-state index in [0.717, 1.165) is 12.5 Å². The Labute approximate surface area is 119 Å². The zero-order chi connectivity index (χ0) is 13.8. The van der Waals surface area contributed by atoms with E-state index in [-0.39, 0.29) is 0 Å². The van der Waals surface area contributed by atoms with E-state index in [2.05, 4.69) is 54.8 Å². The van der Waals surface area contributed by atoms with Gasteiger partial charge in [-0.05, 0) is 38.8 Å². The van der Waals surface area contributed by atoms with E-state index in [0.29, 0.717) is 6.04 Å². The average Bonchev–Trinajstić information content (AvgIpc) is 2.93. The van der Waals surface area contributed by atoms with Crippen LogP contribution in [0.2, 0.25) is 0 Å². The molecule has 2 rings (SSSR count). The van der Waals surface area contributed by atoms with Gasteiger partial charge in [-0.2, -0.15) is 0 Å². The highest BCUT2D eigenvalue weighted by atomic mass is 32.1. The molecular weight excluding hydrogens is 254 g/mol. The SMILES string of the molecule is CCCCn1ccnc1NC(C)c1cc(C)sc1C. The Bertz CT molecular complexity index is 527. The zero-order valence-electron chi connectivity index (χ0n) is 12.2. The van der Waals surface area contributed by atoms with Gasteiger partial charge in [0.2, 0.25) is 5.95 Å². The average molecular weight is 277 g/mol. The molecule has 0 spiro atoms. The molecule has 2 aromatic rings. The van der Waals surface area contributed by atoms with Crippen molar-refractivity contribution >= 4 is 17.3 Å². The summed E-state index contributed by atoms with van der Waals surface area (Å²) in [6.45, 7) is 9.80. The molecule has 2 heterocycles. The highest BCUT2D eigenvalue weighted by Crippen LogP contribution is 2.28. The Kier molecular flexibility index (Phi) is 4.64. The van der Waals surface area contributed by atoms with Gasteiger partial charge in [0.05, 0.1) is 6.04 Å². The first-order chi connectivity index (χ1) is 9.11. The van der Waals surface area contributed by atoms with E-state index in [4.69, 9.17) is 0 Å². The number of imidazole rings is 1. The molecular formula is C15H23N3S.